The molecule has 0 saturated heterocycles. The van der Waals surface area contributed by atoms with Crippen LogP contribution in [0.3, 0.4) is 0 Å². The van der Waals surface area contributed by atoms with Gasteiger partial charge in [0, 0.05) is 20.2 Å². The summed E-state index contributed by atoms with van der Waals surface area (Å²) in [5.74, 6) is 0. The van der Waals surface area contributed by atoms with Crippen LogP contribution >= 0.6 is 11.3 Å². The Bertz CT molecular complexity index is 2790. The number of rotatable bonds is 3. The fourth-order valence-corrected chi connectivity index (χ4v) is 9.06. The topological polar surface area (TPSA) is 0 Å². The quantitative estimate of drug-likeness (QED) is 0.174. The summed E-state index contributed by atoms with van der Waals surface area (Å²) < 4.78 is 2.66. The number of hydrogen-bond donors (Lipinski definition) is 0. The normalized spacial score (nSPS) is 11.8. The fraction of sp³-hybridized carbons (Fsp3) is 0. The molecule has 0 saturated carbocycles. The minimum Gasteiger partial charge on any atom is -0.135 e. The Morgan fingerprint density at radius 1 is 0.319 bits per heavy atom. The van der Waals surface area contributed by atoms with Gasteiger partial charge in [0.25, 0.3) is 0 Å². The summed E-state index contributed by atoms with van der Waals surface area (Å²) in [4.78, 5) is 0. The molecule has 1 heterocycles. The lowest BCUT2D eigenvalue weighted by Gasteiger charge is -2.19. The molecule has 9 aromatic carbocycles. The molecule has 10 aromatic rings. The summed E-state index contributed by atoms with van der Waals surface area (Å²) in [6.45, 7) is 0. The second-order valence-corrected chi connectivity index (χ2v) is 13.4. The highest BCUT2D eigenvalue weighted by atomic mass is 32.1. The van der Waals surface area contributed by atoms with Crippen LogP contribution in [0.4, 0.5) is 0 Å². The van der Waals surface area contributed by atoms with Crippen LogP contribution in [0.5, 0.6) is 0 Å². The highest BCUT2D eigenvalue weighted by Crippen LogP contribution is 2.49. The molecule has 0 atom stereocenters. The molecule has 0 nitrogen and oxygen atoms in total. The first-order chi connectivity index (χ1) is 23.3. The van der Waals surface area contributed by atoms with Gasteiger partial charge in [0.1, 0.15) is 0 Å². The minimum absolute atomic E-state index is 1.26. The van der Waals surface area contributed by atoms with Crippen molar-refractivity contribution in [1.29, 1.82) is 0 Å². The van der Waals surface area contributed by atoms with Crippen molar-refractivity contribution in [2.45, 2.75) is 0 Å². The average Bonchev–Trinajstić information content (AvgIpc) is 3.53. The van der Waals surface area contributed by atoms with E-state index >= 15 is 0 Å². The fourth-order valence-electron chi connectivity index (χ4n) is 7.79. The summed E-state index contributed by atoms with van der Waals surface area (Å²) in [6.07, 6.45) is 0. The maximum absolute atomic E-state index is 2.34. The van der Waals surface area contributed by atoms with E-state index in [0.717, 1.165) is 0 Å². The van der Waals surface area contributed by atoms with E-state index in [9.17, 15) is 0 Å². The van der Waals surface area contributed by atoms with Crippen LogP contribution in [0, 0.1) is 0 Å². The van der Waals surface area contributed by atoms with Gasteiger partial charge in [-0.3, -0.25) is 0 Å². The number of benzene rings is 9. The third-order valence-electron chi connectivity index (χ3n) is 9.84. The lowest BCUT2D eigenvalue weighted by Crippen LogP contribution is -1.92. The Balaban J connectivity index is 1.30. The second-order valence-electron chi connectivity index (χ2n) is 12.4. The first-order valence-corrected chi connectivity index (χ1v) is 17.0. The molecular formula is C46H28S. The van der Waals surface area contributed by atoms with E-state index < -0.39 is 0 Å². The van der Waals surface area contributed by atoms with Gasteiger partial charge in [-0.15, -0.1) is 11.3 Å². The molecule has 218 valence electrons. The van der Waals surface area contributed by atoms with Crippen LogP contribution in [0.2, 0.25) is 0 Å². The van der Waals surface area contributed by atoms with E-state index in [-0.39, 0.29) is 0 Å². The van der Waals surface area contributed by atoms with Crippen LogP contribution in [0.1, 0.15) is 0 Å². The summed E-state index contributed by atoms with van der Waals surface area (Å²) in [5, 5.41) is 12.9. The molecule has 0 fully saturated rings. The summed E-state index contributed by atoms with van der Waals surface area (Å²) in [7, 11) is 0. The van der Waals surface area contributed by atoms with Crippen molar-refractivity contribution in [3.05, 3.63) is 170 Å². The molecule has 1 aromatic heterocycles. The van der Waals surface area contributed by atoms with Crippen LogP contribution in [-0.2, 0) is 0 Å². The van der Waals surface area contributed by atoms with E-state index in [1.54, 1.807) is 0 Å². The lowest BCUT2D eigenvalue weighted by molar-refractivity contribution is 1.69. The number of hydrogen-bond acceptors (Lipinski definition) is 1. The van der Waals surface area contributed by atoms with Gasteiger partial charge in [-0.1, -0.05) is 158 Å². The molecule has 0 spiro atoms. The molecule has 0 unspecified atom stereocenters. The molecule has 0 bridgehead atoms. The van der Waals surface area contributed by atoms with Gasteiger partial charge in [0.05, 0.1) is 0 Å². The standard InChI is InChI=1S/C46H28S/c1-2-14-31-28-32(27-26-29(31)12-1)34-21-10-24-41-45-40(23-11-25-42(45)47-46(34)41)44-38-19-7-5-17-36(38)43(37-18-6-8-20-39(37)44)35-22-9-15-30-13-3-4-16-33(30)35/h1-28H. The maximum atomic E-state index is 2.34. The molecular weight excluding hydrogens is 585 g/mol. The van der Waals surface area contributed by atoms with Crippen molar-refractivity contribution in [2.75, 3.05) is 0 Å². The van der Waals surface area contributed by atoms with Crippen molar-refractivity contribution in [3.63, 3.8) is 0 Å². The Morgan fingerprint density at radius 3 is 1.57 bits per heavy atom. The first kappa shape index (κ1) is 26.5. The van der Waals surface area contributed by atoms with Gasteiger partial charge in [-0.05, 0) is 88.6 Å². The van der Waals surface area contributed by atoms with Crippen LogP contribution in [0.25, 0.3) is 96.6 Å². The molecule has 0 aliphatic carbocycles. The SMILES string of the molecule is c1ccc2cc(-c3cccc4c3sc3cccc(-c5c6ccccc6c(-c6cccc7ccccc67)c6ccccc56)c34)ccc2c1. The zero-order valence-corrected chi connectivity index (χ0v) is 26.4. The lowest BCUT2D eigenvalue weighted by atomic mass is 9.84. The Labute approximate surface area is 276 Å². The van der Waals surface area contributed by atoms with Crippen molar-refractivity contribution < 1.29 is 0 Å². The maximum Gasteiger partial charge on any atom is 0.0434 e. The monoisotopic (exact) mass is 612 g/mol. The highest BCUT2D eigenvalue weighted by Gasteiger charge is 2.21. The van der Waals surface area contributed by atoms with E-state index in [0.29, 0.717) is 0 Å². The Kier molecular flexibility index (Phi) is 5.85. The van der Waals surface area contributed by atoms with E-state index in [4.69, 9.17) is 0 Å². The average molecular weight is 613 g/mol. The van der Waals surface area contributed by atoms with Gasteiger partial charge < -0.3 is 0 Å². The van der Waals surface area contributed by atoms with Gasteiger partial charge >= 0.3 is 0 Å². The minimum atomic E-state index is 1.26. The predicted octanol–water partition coefficient (Wildman–Crippen LogP) is 13.7. The van der Waals surface area contributed by atoms with Gasteiger partial charge in [0.15, 0.2) is 0 Å². The van der Waals surface area contributed by atoms with Crippen molar-refractivity contribution in [1.82, 2.24) is 0 Å². The van der Waals surface area contributed by atoms with Gasteiger partial charge in [-0.25, -0.2) is 0 Å². The van der Waals surface area contributed by atoms with Crippen LogP contribution in [0.15, 0.2) is 170 Å². The van der Waals surface area contributed by atoms with Gasteiger partial charge in [-0.2, -0.15) is 0 Å². The van der Waals surface area contributed by atoms with Crippen molar-refractivity contribution in [3.8, 4) is 33.4 Å². The molecule has 1 heteroatoms. The first-order valence-electron chi connectivity index (χ1n) is 16.2. The number of fused-ring (bicyclic) bond motifs is 7. The van der Waals surface area contributed by atoms with Gasteiger partial charge in [0.2, 0.25) is 0 Å². The Morgan fingerprint density at radius 2 is 0.830 bits per heavy atom. The third kappa shape index (κ3) is 4.00. The zero-order chi connectivity index (χ0) is 30.9. The third-order valence-corrected chi connectivity index (χ3v) is 11.0. The Hall–Kier alpha value is -5.76. The summed E-state index contributed by atoms with van der Waals surface area (Å²) >= 11 is 1.91. The summed E-state index contributed by atoms with van der Waals surface area (Å²) in [6, 6.07) is 62.7. The molecule has 47 heavy (non-hydrogen) atoms. The second kappa shape index (κ2) is 10.4. The molecule has 0 aliphatic heterocycles. The van der Waals surface area contributed by atoms with E-state index in [1.807, 2.05) is 11.3 Å². The smallest absolute Gasteiger partial charge is 0.0434 e. The highest BCUT2D eigenvalue weighted by molar-refractivity contribution is 7.26. The molecule has 0 aliphatic rings. The largest absolute Gasteiger partial charge is 0.135 e. The predicted molar refractivity (Wildman–Crippen MR) is 206 cm³/mol. The van der Waals surface area contributed by atoms with Crippen LogP contribution in [-0.4, -0.2) is 0 Å². The van der Waals surface area contributed by atoms with Crippen LogP contribution < -0.4 is 0 Å². The molecule has 0 N–H and O–H groups in total. The number of thiophene rings is 1. The molecule has 10 rings (SSSR count). The van der Waals surface area contributed by atoms with Crippen molar-refractivity contribution >= 4 is 74.6 Å². The molecule has 0 radical (unpaired) electrons. The molecule has 0 amide bonds. The zero-order valence-electron chi connectivity index (χ0n) is 25.6. The van der Waals surface area contributed by atoms with E-state index in [1.165, 1.54) is 96.6 Å². The summed E-state index contributed by atoms with van der Waals surface area (Å²) in [5.41, 5.74) is 7.74. The van der Waals surface area contributed by atoms with E-state index in [2.05, 4.69) is 170 Å². The van der Waals surface area contributed by atoms with Crippen molar-refractivity contribution in [2.24, 2.45) is 0 Å².